The molecule has 0 saturated heterocycles. The van der Waals surface area contributed by atoms with Crippen LogP contribution in [0, 0.1) is 0 Å². The number of ether oxygens (including phenoxy) is 1. The van der Waals surface area contributed by atoms with Gasteiger partial charge < -0.3 is 9.64 Å². The van der Waals surface area contributed by atoms with Crippen LogP contribution >= 0.6 is 0 Å². The summed E-state index contributed by atoms with van der Waals surface area (Å²) in [6, 6.07) is 0. The molecule has 1 saturated carbocycles. The Bertz CT molecular complexity index is 165. The summed E-state index contributed by atoms with van der Waals surface area (Å²) in [4.78, 5) is 2.32. The second-order valence-electron chi connectivity index (χ2n) is 5.37. The Kier molecular flexibility index (Phi) is 3.03. The topological polar surface area (TPSA) is 12.5 Å². The second-order valence-corrected chi connectivity index (χ2v) is 5.37. The fourth-order valence-electron chi connectivity index (χ4n) is 1.66. The van der Waals surface area contributed by atoms with Crippen LogP contribution in [0.2, 0.25) is 0 Å². The van der Waals surface area contributed by atoms with Crippen molar-refractivity contribution in [2.24, 2.45) is 0 Å². The second kappa shape index (κ2) is 3.58. The van der Waals surface area contributed by atoms with Crippen molar-refractivity contribution in [2.75, 3.05) is 20.7 Å². The lowest BCUT2D eigenvalue weighted by atomic mass is 9.76. The summed E-state index contributed by atoms with van der Waals surface area (Å²) in [5.41, 5.74) is 0.339. The molecule has 1 aliphatic carbocycles. The Hall–Kier alpha value is -0.0800. The number of likely N-dealkylation sites (N-methyl/N-ethyl adjacent to an activating group) is 1. The molecule has 0 unspecified atom stereocenters. The molecule has 0 aromatic rings. The summed E-state index contributed by atoms with van der Waals surface area (Å²) in [7, 11) is 4.32. The van der Waals surface area contributed by atoms with Crippen LogP contribution in [0.5, 0.6) is 0 Å². The van der Waals surface area contributed by atoms with Gasteiger partial charge in [-0.15, -0.1) is 0 Å². The fourth-order valence-corrected chi connectivity index (χ4v) is 1.66. The molecule has 0 aliphatic heterocycles. The Morgan fingerprint density at radius 3 is 2.00 bits per heavy atom. The zero-order valence-corrected chi connectivity index (χ0v) is 9.68. The van der Waals surface area contributed by atoms with Crippen molar-refractivity contribution < 1.29 is 4.74 Å². The molecule has 13 heavy (non-hydrogen) atoms. The minimum absolute atomic E-state index is 0.00139. The quantitative estimate of drug-likeness (QED) is 0.669. The average Bonchev–Trinajstić information content (AvgIpc) is 1.80. The van der Waals surface area contributed by atoms with Gasteiger partial charge in [0.25, 0.3) is 0 Å². The molecule has 1 aliphatic rings. The van der Waals surface area contributed by atoms with Crippen molar-refractivity contribution in [2.45, 2.75) is 51.2 Å². The van der Waals surface area contributed by atoms with Gasteiger partial charge in [-0.05, 0) is 54.1 Å². The highest BCUT2D eigenvalue weighted by molar-refractivity contribution is 4.96. The van der Waals surface area contributed by atoms with Crippen LogP contribution in [-0.2, 0) is 4.74 Å². The normalized spacial score (nSPS) is 21.7. The van der Waals surface area contributed by atoms with Gasteiger partial charge >= 0.3 is 0 Å². The third-order valence-corrected chi connectivity index (χ3v) is 3.01. The molecule has 0 radical (unpaired) electrons. The first kappa shape index (κ1) is 11.0. The largest absolute Gasteiger partial charge is 0.374 e. The van der Waals surface area contributed by atoms with Crippen LogP contribution in [0.25, 0.3) is 0 Å². The molecular weight excluding hydrogens is 162 g/mol. The van der Waals surface area contributed by atoms with Crippen molar-refractivity contribution >= 4 is 0 Å². The standard InChI is InChI=1S/C11H23NO/c1-10(2,3)13-9-11(12(4)5)7-6-8-11/h6-9H2,1-5H3. The number of rotatable bonds is 3. The van der Waals surface area contributed by atoms with E-state index in [2.05, 4.69) is 39.8 Å². The molecule has 0 aromatic heterocycles. The van der Waals surface area contributed by atoms with Crippen molar-refractivity contribution in [3.8, 4) is 0 Å². The highest BCUT2D eigenvalue weighted by Crippen LogP contribution is 2.37. The number of hydrogen-bond acceptors (Lipinski definition) is 2. The SMILES string of the molecule is CN(C)C1(COC(C)(C)C)CCC1. The van der Waals surface area contributed by atoms with Crippen molar-refractivity contribution in [3.05, 3.63) is 0 Å². The zero-order valence-electron chi connectivity index (χ0n) is 9.68. The predicted molar refractivity (Wildman–Crippen MR) is 56.0 cm³/mol. The van der Waals surface area contributed by atoms with Crippen LogP contribution in [0.15, 0.2) is 0 Å². The first-order valence-corrected chi connectivity index (χ1v) is 5.17. The minimum Gasteiger partial charge on any atom is -0.374 e. The van der Waals surface area contributed by atoms with Gasteiger partial charge in [0, 0.05) is 5.54 Å². The van der Waals surface area contributed by atoms with E-state index in [9.17, 15) is 0 Å². The van der Waals surface area contributed by atoms with Crippen LogP contribution in [0.1, 0.15) is 40.0 Å². The van der Waals surface area contributed by atoms with Gasteiger partial charge in [-0.2, -0.15) is 0 Å². The lowest BCUT2D eigenvalue weighted by Gasteiger charge is -2.48. The summed E-state index contributed by atoms with van der Waals surface area (Å²) in [6.45, 7) is 7.24. The van der Waals surface area contributed by atoms with E-state index >= 15 is 0 Å². The smallest absolute Gasteiger partial charge is 0.0657 e. The maximum atomic E-state index is 5.86. The lowest BCUT2D eigenvalue weighted by molar-refractivity contribution is -0.0889. The first-order chi connectivity index (χ1) is 5.86. The van der Waals surface area contributed by atoms with Gasteiger partial charge in [-0.3, -0.25) is 0 Å². The van der Waals surface area contributed by atoms with E-state index in [-0.39, 0.29) is 5.60 Å². The Morgan fingerprint density at radius 2 is 1.77 bits per heavy atom. The van der Waals surface area contributed by atoms with E-state index in [4.69, 9.17) is 4.74 Å². The molecule has 2 heteroatoms. The molecule has 78 valence electrons. The fraction of sp³-hybridized carbons (Fsp3) is 1.00. The van der Waals surface area contributed by atoms with Crippen LogP contribution < -0.4 is 0 Å². The van der Waals surface area contributed by atoms with Gasteiger partial charge in [0.2, 0.25) is 0 Å². The van der Waals surface area contributed by atoms with E-state index in [0.29, 0.717) is 5.54 Å². The van der Waals surface area contributed by atoms with Gasteiger partial charge in [0.1, 0.15) is 0 Å². The summed E-state index contributed by atoms with van der Waals surface area (Å²) in [5.74, 6) is 0. The molecule has 0 aromatic carbocycles. The van der Waals surface area contributed by atoms with Crippen molar-refractivity contribution in [1.82, 2.24) is 4.90 Å². The van der Waals surface area contributed by atoms with Crippen LogP contribution in [-0.4, -0.2) is 36.7 Å². The summed E-state index contributed by atoms with van der Waals surface area (Å²) < 4.78 is 5.86. The Morgan fingerprint density at radius 1 is 1.23 bits per heavy atom. The number of hydrogen-bond donors (Lipinski definition) is 0. The Labute approximate surface area is 82.3 Å². The molecule has 0 heterocycles. The molecular formula is C11H23NO. The van der Waals surface area contributed by atoms with E-state index < -0.39 is 0 Å². The molecule has 0 amide bonds. The Balaban J connectivity index is 2.41. The monoisotopic (exact) mass is 185 g/mol. The molecule has 0 atom stereocenters. The molecule has 0 spiro atoms. The average molecular weight is 185 g/mol. The van der Waals surface area contributed by atoms with E-state index in [1.165, 1.54) is 19.3 Å². The van der Waals surface area contributed by atoms with E-state index in [0.717, 1.165) is 6.61 Å². The summed E-state index contributed by atoms with van der Waals surface area (Å²) in [5, 5.41) is 0. The molecule has 0 N–H and O–H groups in total. The van der Waals surface area contributed by atoms with Gasteiger partial charge in [0.15, 0.2) is 0 Å². The van der Waals surface area contributed by atoms with Crippen molar-refractivity contribution in [3.63, 3.8) is 0 Å². The molecule has 2 nitrogen and oxygen atoms in total. The molecule has 1 fully saturated rings. The van der Waals surface area contributed by atoms with E-state index in [1.807, 2.05) is 0 Å². The summed E-state index contributed by atoms with van der Waals surface area (Å²) in [6.07, 6.45) is 3.93. The highest BCUT2D eigenvalue weighted by atomic mass is 16.5. The first-order valence-electron chi connectivity index (χ1n) is 5.17. The van der Waals surface area contributed by atoms with Crippen molar-refractivity contribution in [1.29, 1.82) is 0 Å². The van der Waals surface area contributed by atoms with Gasteiger partial charge in [-0.1, -0.05) is 0 Å². The maximum absolute atomic E-state index is 5.86. The van der Waals surface area contributed by atoms with Crippen LogP contribution in [0.3, 0.4) is 0 Å². The number of nitrogens with zero attached hydrogens (tertiary/aromatic N) is 1. The third kappa shape index (κ3) is 2.68. The van der Waals surface area contributed by atoms with Gasteiger partial charge in [0.05, 0.1) is 12.2 Å². The zero-order chi connectivity index (χ0) is 10.1. The minimum atomic E-state index is -0.00139. The summed E-state index contributed by atoms with van der Waals surface area (Å²) >= 11 is 0. The van der Waals surface area contributed by atoms with E-state index in [1.54, 1.807) is 0 Å². The molecule has 0 bridgehead atoms. The highest BCUT2D eigenvalue weighted by Gasteiger charge is 2.40. The van der Waals surface area contributed by atoms with Gasteiger partial charge in [-0.25, -0.2) is 0 Å². The van der Waals surface area contributed by atoms with Crippen LogP contribution in [0.4, 0.5) is 0 Å². The predicted octanol–water partition coefficient (Wildman–Crippen LogP) is 2.29. The lowest BCUT2D eigenvalue weighted by Crippen LogP contribution is -2.54. The maximum Gasteiger partial charge on any atom is 0.0657 e. The molecule has 1 rings (SSSR count). The third-order valence-electron chi connectivity index (χ3n) is 3.01.